The van der Waals surface area contributed by atoms with Crippen LogP contribution in [0.1, 0.15) is 23.2 Å². The molecule has 0 bridgehead atoms. The smallest absolute Gasteiger partial charge is 0.325 e. The zero-order valence-electron chi connectivity index (χ0n) is 8.85. The Morgan fingerprint density at radius 1 is 1.33 bits per heavy atom. The van der Waals surface area contributed by atoms with Gasteiger partial charge in [0.05, 0.1) is 0 Å². The summed E-state index contributed by atoms with van der Waals surface area (Å²) in [6, 6.07) is 2.48. The van der Waals surface area contributed by atoms with E-state index in [1.54, 1.807) is 0 Å². The highest BCUT2D eigenvalue weighted by molar-refractivity contribution is 9.10. The molecule has 1 saturated heterocycles. The highest BCUT2D eigenvalue weighted by Crippen LogP contribution is 2.16. The first-order valence-electron chi connectivity index (χ1n) is 4.89. The average molecular weight is 317 g/mol. The maximum Gasteiger partial charge on any atom is 0.368 e. The third kappa shape index (κ3) is 2.37. The van der Waals surface area contributed by atoms with Gasteiger partial charge in [-0.2, -0.15) is 4.39 Å². The van der Waals surface area contributed by atoms with E-state index >= 15 is 0 Å². The summed E-state index contributed by atoms with van der Waals surface area (Å²) in [6.07, 6.45) is -0.0413. The SMILES string of the molecule is O=C(ON1C(=O)CCC1=O)c1ccc(Br)nc1F. The van der Waals surface area contributed by atoms with Crippen molar-refractivity contribution in [3.8, 4) is 0 Å². The molecule has 2 heterocycles. The van der Waals surface area contributed by atoms with Crippen LogP contribution < -0.4 is 0 Å². The average Bonchev–Trinajstić information content (AvgIpc) is 2.60. The first-order chi connectivity index (χ1) is 8.49. The van der Waals surface area contributed by atoms with Gasteiger partial charge in [0, 0.05) is 12.8 Å². The summed E-state index contributed by atoms with van der Waals surface area (Å²) < 4.78 is 13.6. The Balaban J connectivity index is 2.17. The lowest BCUT2D eigenvalue weighted by atomic mass is 10.3. The van der Waals surface area contributed by atoms with Crippen LogP contribution in [0.15, 0.2) is 16.7 Å². The number of hydrogen-bond donors (Lipinski definition) is 0. The zero-order valence-corrected chi connectivity index (χ0v) is 10.4. The molecule has 94 valence electrons. The van der Waals surface area contributed by atoms with Crippen LogP contribution in [0.2, 0.25) is 0 Å². The normalized spacial score (nSPS) is 15.1. The Morgan fingerprint density at radius 3 is 2.50 bits per heavy atom. The molecule has 1 aromatic heterocycles. The topological polar surface area (TPSA) is 76.6 Å². The molecule has 0 aliphatic carbocycles. The number of carbonyl (C=O) groups is 3. The molecule has 0 radical (unpaired) electrons. The van der Waals surface area contributed by atoms with Crippen LogP contribution in [-0.4, -0.2) is 27.8 Å². The van der Waals surface area contributed by atoms with Gasteiger partial charge in [0.2, 0.25) is 5.95 Å². The van der Waals surface area contributed by atoms with E-state index in [1.165, 1.54) is 6.07 Å². The van der Waals surface area contributed by atoms with E-state index < -0.39 is 29.3 Å². The van der Waals surface area contributed by atoms with Crippen molar-refractivity contribution in [1.29, 1.82) is 0 Å². The minimum Gasteiger partial charge on any atom is -0.325 e. The van der Waals surface area contributed by atoms with E-state index in [0.717, 1.165) is 6.07 Å². The second kappa shape index (κ2) is 4.81. The number of nitrogens with zero attached hydrogens (tertiary/aromatic N) is 2. The highest BCUT2D eigenvalue weighted by atomic mass is 79.9. The molecular weight excluding hydrogens is 311 g/mol. The van der Waals surface area contributed by atoms with Gasteiger partial charge in [0.1, 0.15) is 10.2 Å². The largest absolute Gasteiger partial charge is 0.368 e. The molecule has 2 rings (SSSR count). The Labute approximate surface area is 109 Å². The number of aromatic nitrogens is 1. The van der Waals surface area contributed by atoms with Crippen molar-refractivity contribution in [3.05, 3.63) is 28.2 Å². The number of amides is 2. The Bertz CT molecular complexity index is 533. The second-order valence-electron chi connectivity index (χ2n) is 3.43. The third-order valence-corrected chi connectivity index (χ3v) is 2.66. The van der Waals surface area contributed by atoms with Crippen LogP contribution in [0.4, 0.5) is 4.39 Å². The number of hydrogen-bond acceptors (Lipinski definition) is 5. The van der Waals surface area contributed by atoms with Crippen LogP contribution in [-0.2, 0) is 14.4 Å². The fourth-order valence-corrected chi connectivity index (χ4v) is 1.64. The standard InChI is InChI=1S/C10H6BrFN2O4/c11-6-2-1-5(9(12)13-6)10(17)18-14-7(15)3-4-8(14)16/h1-2H,3-4H2. The molecule has 1 aliphatic heterocycles. The molecule has 0 saturated carbocycles. The Hall–Kier alpha value is -1.83. The van der Waals surface area contributed by atoms with E-state index in [-0.39, 0.29) is 17.4 Å². The summed E-state index contributed by atoms with van der Waals surface area (Å²) in [7, 11) is 0. The summed E-state index contributed by atoms with van der Waals surface area (Å²) in [5.41, 5.74) is -0.453. The summed E-state index contributed by atoms with van der Waals surface area (Å²) in [6.45, 7) is 0. The van der Waals surface area contributed by atoms with Crippen LogP contribution in [0.3, 0.4) is 0 Å². The quantitative estimate of drug-likeness (QED) is 0.605. The Kier molecular flexibility index (Phi) is 3.37. The van der Waals surface area contributed by atoms with Crippen LogP contribution in [0.5, 0.6) is 0 Å². The van der Waals surface area contributed by atoms with E-state index in [1.807, 2.05) is 0 Å². The number of imide groups is 1. The van der Waals surface area contributed by atoms with Gasteiger partial charge in [0.25, 0.3) is 11.8 Å². The maximum absolute atomic E-state index is 13.3. The summed E-state index contributed by atoms with van der Waals surface area (Å²) in [5.74, 6) is -3.44. The van der Waals surface area contributed by atoms with Gasteiger partial charge in [-0.25, -0.2) is 9.78 Å². The molecule has 2 amide bonds. The minimum atomic E-state index is -1.14. The van der Waals surface area contributed by atoms with E-state index in [4.69, 9.17) is 0 Å². The second-order valence-corrected chi connectivity index (χ2v) is 4.25. The van der Waals surface area contributed by atoms with Crippen molar-refractivity contribution in [1.82, 2.24) is 10.0 Å². The summed E-state index contributed by atoms with van der Waals surface area (Å²) in [5, 5.41) is 0.351. The molecule has 6 nitrogen and oxygen atoms in total. The summed E-state index contributed by atoms with van der Waals surface area (Å²) in [4.78, 5) is 41.9. The molecule has 8 heteroatoms. The molecule has 1 fully saturated rings. The van der Waals surface area contributed by atoms with E-state index in [2.05, 4.69) is 25.8 Å². The van der Waals surface area contributed by atoms with Crippen molar-refractivity contribution >= 4 is 33.7 Å². The third-order valence-electron chi connectivity index (χ3n) is 2.21. The van der Waals surface area contributed by atoms with Gasteiger partial charge in [0.15, 0.2) is 0 Å². The van der Waals surface area contributed by atoms with E-state index in [0.29, 0.717) is 5.06 Å². The van der Waals surface area contributed by atoms with Crippen molar-refractivity contribution < 1.29 is 23.6 Å². The Morgan fingerprint density at radius 2 is 1.94 bits per heavy atom. The van der Waals surface area contributed by atoms with Gasteiger partial charge in [-0.1, -0.05) is 0 Å². The molecule has 0 atom stereocenters. The van der Waals surface area contributed by atoms with Crippen molar-refractivity contribution in [2.45, 2.75) is 12.8 Å². The van der Waals surface area contributed by atoms with Crippen LogP contribution in [0, 0.1) is 5.95 Å². The van der Waals surface area contributed by atoms with E-state index in [9.17, 15) is 18.8 Å². The number of rotatable bonds is 2. The lowest BCUT2D eigenvalue weighted by Gasteiger charge is -2.12. The monoisotopic (exact) mass is 316 g/mol. The molecule has 0 spiro atoms. The molecule has 0 aromatic carbocycles. The molecule has 0 N–H and O–H groups in total. The lowest BCUT2D eigenvalue weighted by molar-refractivity contribution is -0.172. The van der Waals surface area contributed by atoms with Gasteiger partial charge in [-0.05, 0) is 28.1 Å². The maximum atomic E-state index is 13.3. The number of pyridine rings is 1. The van der Waals surface area contributed by atoms with Gasteiger partial charge < -0.3 is 4.84 Å². The van der Waals surface area contributed by atoms with Crippen LogP contribution >= 0.6 is 15.9 Å². The molecular formula is C10H6BrFN2O4. The molecule has 18 heavy (non-hydrogen) atoms. The minimum absolute atomic E-state index is 0.0207. The van der Waals surface area contributed by atoms with Gasteiger partial charge in [-0.3, -0.25) is 9.59 Å². The number of halogens is 2. The predicted octanol–water partition coefficient (Wildman–Crippen LogP) is 1.20. The molecule has 0 unspecified atom stereocenters. The first kappa shape index (κ1) is 12.6. The van der Waals surface area contributed by atoms with Crippen molar-refractivity contribution in [2.75, 3.05) is 0 Å². The fraction of sp³-hybridized carbons (Fsp3) is 0.200. The first-order valence-corrected chi connectivity index (χ1v) is 5.68. The van der Waals surface area contributed by atoms with Crippen molar-refractivity contribution in [3.63, 3.8) is 0 Å². The lowest BCUT2D eigenvalue weighted by Crippen LogP contribution is -2.32. The van der Waals surface area contributed by atoms with Gasteiger partial charge in [-0.15, -0.1) is 5.06 Å². The van der Waals surface area contributed by atoms with Crippen molar-refractivity contribution in [2.24, 2.45) is 0 Å². The molecule has 1 aromatic rings. The highest BCUT2D eigenvalue weighted by Gasteiger charge is 2.33. The summed E-state index contributed by atoms with van der Waals surface area (Å²) >= 11 is 2.93. The predicted molar refractivity (Wildman–Crippen MR) is 58.4 cm³/mol. The van der Waals surface area contributed by atoms with Crippen LogP contribution in [0.25, 0.3) is 0 Å². The molecule has 1 aliphatic rings. The number of hydroxylamine groups is 2. The van der Waals surface area contributed by atoms with Gasteiger partial charge >= 0.3 is 5.97 Å². The fourth-order valence-electron chi connectivity index (χ4n) is 1.35. The zero-order chi connectivity index (χ0) is 13.3. The number of carbonyl (C=O) groups excluding carboxylic acids is 3.